The molecule has 2 N–H and O–H groups in total. The lowest BCUT2D eigenvalue weighted by Gasteiger charge is -2.16. The van der Waals surface area contributed by atoms with Crippen LogP contribution in [-0.2, 0) is 14.3 Å². The highest BCUT2D eigenvalue weighted by Gasteiger charge is 2.35. The molecule has 1 aliphatic heterocycles. The Hall–Kier alpha value is -1.40. The van der Waals surface area contributed by atoms with Gasteiger partial charge in [0.05, 0.1) is 6.04 Å². The van der Waals surface area contributed by atoms with E-state index in [9.17, 15) is 9.59 Å². The van der Waals surface area contributed by atoms with Crippen LogP contribution in [0.15, 0.2) is 12.1 Å². The molecular weight excluding hydrogens is 266 g/mol. The smallest absolute Gasteiger partial charge is 0.332 e. The lowest BCUT2D eigenvalue weighted by Crippen LogP contribution is -2.36. The summed E-state index contributed by atoms with van der Waals surface area (Å²) in [6.45, 7) is 3.92. The second-order valence-corrected chi connectivity index (χ2v) is 6.03. The summed E-state index contributed by atoms with van der Waals surface area (Å²) in [5, 5.41) is 11.7. The number of carbonyl (C=O) groups is 2. The van der Waals surface area contributed by atoms with Crippen molar-refractivity contribution in [1.82, 2.24) is 5.32 Å². The Morgan fingerprint density at radius 2 is 2.11 bits per heavy atom. The number of aryl methyl sites for hydroxylation is 1. The van der Waals surface area contributed by atoms with Gasteiger partial charge in [-0.3, -0.25) is 4.79 Å². The van der Waals surface area contributed by atoms with Crippen molar-refractivity contribution in [3.8, 4) is 0 Å². The fourth-order valence-electron chi connectivity index (χ4n) is 2.08. The maximum Gasteiger partial charge on any atom is 0.332 e. The van der Waals surface area contributed by atoms with Gasteiger partial charge in [0.2, 0.25) is 5.91 Å². The van der Waals surface area contributed by atoms with Crippen LogP contribution in [0, 0.1) is 6.92 Å². The topological polar surface area (TPSA) is 75.6 Å². The Balaban J connectivity index is 1.89. The van der Waals surface area contributed by atoms with E-state index in [1.54, 1.807) is 11.3 Å². The minimum Gasteiger partial charge on any atom is -0.479 e. The van der Waals surface area contributed by atoms with Gasteiger partial charge in [-0.2, -0.15) is 0 Å². The fraction of sp³-hybridized carbons (Fsp3) is 0.538. The molecule has 1 fully saturated rings. The lowest BCUT2D eigenvalue weighted by atomic mass is 10.1. The van der Waals surface area contributed by atoms with Gasteiger partial charge in [0.1, 0.15) is 6.10 Å². The van der Waals surface area contributed by atoms with Gasteiger partial charge < -0.3 is 15.2 Å². The zero-order valence-electron chi connectivity index (χ0n) is 10.9. The van der Waals surface area contributed by atoms with Crippen molar-refractivity contribution in [2.75, 3.05) is 0 Å². The van der Waals surface area contributed by atoms with Crippen LogP contribution in [0.2, 0.25) is 0 Å². The first-order chi connectivity index (χ1) is 8.97. The van der Waals surface area contributed by atoms with Crippen molar-refractivity contribution in [2.45, 2.75) is 44.9 Å². The third-order valence-electron chi connectivity index (χ3n) is 3.13. The number of nitrogens with one attached hydrogen (secondary N) is 1. The molecule has 2 heterocycles. The fourth-order valence-corrected chi connectivity index (χ4v) is 2.95. The minimum atomic E-state index is -1.00. The summed E-state index contributed by atoms with van der Waals surface area (Å²) in [5.74, 6) is -1.24. The molecule has 0 aliphatic carbocycles. The molecule has 2 rings (SSSR count). The van der Waals surface area contributed by atoms with Crippen molar-refractivity contribution in [3.05, 3.63) is 21.9 Å². The molecule has 6 heteroatoms. The van der Waals surface area contributed by atoms with Crippen LogP contribution < -0.4 is 5.32 Å². The van der Waals surface area contributed by atoms with Gasteiger partial charge in [0, 0.05) is 9.75 Å². The molecule has 3 atom stereocenters. The van der Waals surface area contributed by atoms with Crippen LogP contribution in [0.1, 0.15) is 35.6 Å². The van der Waals surface area contributed by atoms with E-state index in [4.69, 9.17) is 9.84 Å². The normalized spacial score (nSPS) is 24.1. The second kappa shape index (κ2) is 5.71. The summed E-state index contributed by atoms with van der Waals surface area (Å²) in [7, 11) is 0. The van der Waals surface area contributed by atoms with Gasteiger partial charge >= 0.3 is 5.97 Å². The SMILES string of the molecule is Cc1ccc(C(C)NC(=O)C2CCC(C(=O)O)O2)s1. The number of rotatable bonds is 4. The maximum absolute atomic E-state index is 12.0. The van der Waals surface area contributed by atoms with Gasteiger partial charge in [-0.1, -0.05) is 0 Å². The summed E-state index contributed by atoms with van der Waals surface area (Å²) >= 11 is 1.64. The van der Waals surface area contributed by atoms with Crippen LogP contribution in [0.3, 0.4) is 0 Å². The molecule has 104 valence electrons. The lowest BCUT2D eigenvalue weighted by molar-refractivity contribution is -0.151. The van der Waals surface area contributed by atoms with Crippen LogP contribution >= 0.6 is 11.3 Å². The highest BCUT2D eigenvalue weighted by molar-refractivity contribution is 7.12. The quantitative estimate of drug-likeness (QED) is 0.884. The van der Waals surface area contributed by atoms with E-state index in [0.717, 1.165) is 4.88 Å². The number of hydrogen-bond acceptors (Lipinski definition) is 4. The standard InChI is InChI=1S/C13H17NO4S/c1-7-3-6-11(19-7)8(2)14-12(15)9-4-5-10(18-9)13(16)17/h3,6,8-10H,4-5H2,1-2H3,(H,14,15)(H,16,17). The zero-order valence-corrected chi connectivity index (χ0v) is 11.7. The number of carboxylic acid groups (broad SMARTS) is 1. The van der Waals surface area contributed by atoms with Crippen molar-refractivity contribution in [2.24, 2.45) is 0 Å². The van der Waals surface area contributed by atoms with E-state index in [1.807, 2.05) is 26.0 Å². The van der Waals surface area contributed by atoms with Gasteiger partial charge in [-0.25, -0.2) is 4.79 Å². The summed E-state index contributed by atoms with van der Waals surface area (Å²) in [6.07, 6.45) is -0.654. The van der Waals surface area contributed by atoms with Gasteiger partial charge in [0.25, 0.3) is 0 Å². The Bertz CT molecular complexity index is 485. The molecule has 1 saturated heterocycles. The van der Waals surface area contributed by atoms with Crippen LogP contribution in [0.25, 0.3) is 0 Å². The van der Waals surface area contributed by atoms with Crippen LogP contribution in [0.4, 0.5) is 0 Å². The molecule has 3 unspecified atom stereocenters. The molecule has 0 spiro atoms. The summed E-state index contributed by atoms with van der Waals surface area (Å²) in [5.41, 5.74) is 0. The molecular formula is C13H17NO4S. The number of amides is 1. The predicted molar refractivity (Wildman–Crippen MR) is 71.1 cm³/mol. The first-order valence-electron chi connectivity index (χ1n) is 6.22. The molecule has 1 amide bonds. The third-order valence-corrected chi connectivity index (χ3v) is 4.32. The van der Waals surface area contributed by atoms with Gasteiger partial charge in [-0.05, 0) is 38.8 Å². The molecule has 1 aliphatic rings. The van der Waals surface area contributed by atoms with Gasteiger partial charge in [-0.15, -0.1) is 11.3 Å². The predicted octanol–water partition coefficient (Wildman–Crippen LogP) is 1.87. The Kier molecular flexibility index (Phi) is 4.21. The number of hydrogen-bond donors (Lipinski definition) is 2. The summed E-state index contributed by atoms with van der Waals surface area (Å²) in [6, 6.07) is 3.91. The van der Waals surface area contributed by atoms with E-state index in [0.29, 0.717) is 12.8 Å². The molecule has 0 saturated carbocycles. The highest BCUT2D eigenvalue weighted by atomic mass is 32.1. The van der Waals surface area contributed by atoms with E-state index in [2.05, 4.69) is 5.32 Å². The number of thiophene rings is 1. The number of ether oxygens (including phenoxy) is 1. The molecule has 0 bridgehead atoms. The van der Waals surface area contributed by atoms with Gasteiger partial charge in [0.15, 0.2) is 6.10 Å². The third kappa shape index (κ3) is 3.33. The Labute approximate surface area is 115 Å². The maximum atomic E-state index is 12.0. The molecule has 1 aromatic heterocycles. The average Bonchev–Trinajstić information content (AvgIpc) is 2.96. The van der Waals surface area contributed by atoms with E-state index >= 15 is 0 Å². The van der Waals surface area contributed by atoms with E-state index < -0.39 is 18.2 Å². The number of carbonyl (C=O) groups excluding carboxylic acids is 1. The molecule has 1 aromatic rings. The van der Waals surface area contributed by atoms with E-state index in [1.165, 1.54) is 4.88 Å². The van der Waals surface area contributed by atoms with Crippen LogP contribution in [-0.4, -0.2) is 29.2 Å². The molecule has 19 heavy (non-hydrogen) atoms. The minimum absolute atomic E-state index is 0.0846. The summed E-state index contributed by atoms with van der Waals surface area (Å²) < 4.78 is 5.22. The first kappa shape index (κ1) is 14.0. The second-order valence-electron chi connectivity index (χ2n) is 4.71. The first-order valence-corrected chi connectivity index (χ1v) is 7.04. The number of aliphatic carboxylic acids is 1. The molecule has 0 aromatic carbocycles. The highest BCUT2D eigenvalue weighted by Crippen LogP contribution is 2.24. The molecule has 0 radical (unpaired) electrons. The largest absolute Gasteiger partial charge is 0.479 e. The van der Waals surface area contributed by atoms with Crippen molar-refractivity contribution >= 4 is 23.2 Å². The van der Waals surface area contributed by atoms with Crippen LogP contribution in [0.5, 0.6) is 0 Å². The van der Waals surface area contributed by atoms with Crippen molar-refractivity contribution < 1.29 is 19.4 Å². The Morgan fingerprint density at radius 1 is 1.42 bits per heavy atom. The average molecular weight is 283 g/mol. The zero-order chi connectivity index (χ0) is 14.0. The van der Waals surface area contributed by atoms with E-state index in [-0.39, 0.29) is 11.9 Å². The molecule has 5 nitrogen and oxygen atoms in total. The van der Waals surface area contributed by atoms with Crippen molar-refractivity contribution in [3.63, 3.8) is 0 Å². The summed E-state index contributed by atoms with van der Waals surface area (Å²) in [4.78, 5) is 25.0. The Morgan fingerprint density at radius 3 is 2.63 bits per heavy atom. The monoisotopic (exact) mass is 283 g/mol. The van der Waals surface area contributed by atoms with Crippen molar-refractivity contribution in [1.29, 1.82) is 0 Å². The number of carboxylic acids is 1.